The predicted octanol–water partition coefficient (Wildman–Crippen LogP) is 2.64. The van der Waals surface area contributed by atoms with Crippen LogP contribution in [0.5, 0.6) is 5.75 Å². The maximum Gasteiger partial charge on any atom is 0.347 e. The van der Waals surface area contributed by atoms with E-state index in [1.54, 1.807) is 0 Å². The summed E-state index contributed by atoms with van der Waals surface area (Å²) in [7, 11) is 0. The lowest BCUT2D eigenvalue weighted by Crippen LogP contribution is -2.11. The Morgan fingerprint density at radius 3 is 3.05 bits per heavy atom. The van der Waals surface area contributed by atoms with Gasteiger partial charge in [0.2, 0.25) is 0 Å². The molecule has 1 aromatic heterocycles. The van der Waals surface area contributed by atoms with Crippen molar-refractivity contribution in [3.63, 3.8) is 0 Å². The van der Waals surface area contributed by atoms with Crippen molar-refractivity contribution < 1.29 is 14.6 Å². The van der Waals surface area contributed by atoms with Gasteiger partial charge < -0.3 is 15.2 Å². The predicted molar refractivity (Wildman–Crippen MR) is 74.2 cm³/mol. The summed E-state index contributed by atoms with van der Waals surface area (Å²) < 4.78 is 5.56. The lowest BCUT2D eigenvalue weighted by molar-refractivity contribution is 0.0702. The number of anilines is 1. The molecule has 0 spiro atoms. The van der Waals surface area contributed by atoms with Crippen LogP contribution in [-0.4, -0.2) is 29.2 Å². The van der Waals surface area contributed by atoms with E-state index in [9.17, 15) is 4.79 Å². The van der Waals surface area contributed by atoms with E-state index in [0.29, 0.717) is 18.3 Å². The average molecular weight is 278 g/mol. The van der Waals surface area contributed by atoms with Gasteiger partial charge >= 0.3 is 5.97 Å². The van der Waals surface area contributed by atoms with Crippen LogP contribution >= 0.6 is 11.3 Å². The molecule has 6 heteroatoms. The Bertz CT molecular complexity index is 569. The standard InChI is InChI=1S/C13H14N2O3S/c1-9-3-2-4-10(7-9)18-6-5-14-13-15-8-11(19-13)12(16)17/h2-4,7-8H,5-6H2,1H3,(H,14,15)(H,16,17). The van der Waals surface area contributed by atoms with E-state index in [4.69, 9.17) is 9.84 Å². The second-order valence-corrected chi connectivity index (χ2v) is 4.96. The van der Waals surface area contributed by atoms with E-state index in [0.717, 1.165) is 22.6 Å². The van der Waals surface area contributed by atoms with Gasteiger partial charge in [0.25, 0.3) is 0 Å². The maximum absolute atomic E-state index is 10.7. The zero-order valence-electron chi connectivity index (χ0n) is 10.4. The minimum absolute atomic E-state index is 0.224. The number of carboxylic acid groups (broad SMARTS) is 1. The van der Waals surface area contributed by atoms with E-state index in [-0.39, 0.29) is 4.88 Å². The van der Waals surface area contributed by atoms with E-state index >= 15 is 0 Å². The lowest BCUT2D eigenvalue weighted by atomic mass is 10.2. The van der Waals surface area contributed by atoms with Crippen molar-refractivity contribution in [2.45, 2.75) is 6.92 Å². The number of benzene rings is 1. The number of ether oxygens (including phenoxy) is 1. The highest BCUT2D eigenvalue weighted by atomic mass is 32.1. The van der Waals surface area contributed by atoms with Crippen molar-refractivity contribution >= 4 is 22.4 Å². The number of aryl methyl sites for hydroxylation is 1. The molecule has 2 aromatic rings. The van der Waals surface area contributed by atoms with E-state index in [1.165, 1.54) is 6.20 Å². The van der Waals surface area contributed by atoms with Gasteiger partial charge in [0.15, 0.2) is 5.13 Å². The highest BCUT2D eigenvalue weighted by Crippen LogP contribution is 2.17. The Labute approximate surface area is 114 Å². The summed E-state index contributed by atoms with van der Waals surface area (Å²) >= 11 is 1.11. The van der Waals surface area contributed by atoms with Crippen LogP contribution in [0.15, 0.2) is 30.5 Å². The highest BCUT2D eigenvalue weighted by Gasteiger charge is 2.07. The van der Waals surface area contributed by atoms with Gasteiger partial charge in [-0.25, -0.2) is 9.78 Å². The molecule has 1 heterocycles. The van der Waals surface area contributed by atoms with Crippen LogP contribution in [0.25, 0.3) is 0 Å². The Morgan fingerprint density at radius 1 is 1.53 bits per heavy atom. The number of carbonyl (C=O) groups is 1. The molecule has 2 rings (SSSR count). The van der Waals surface area contributed by atoms with Crippen LogP contribution in [0, 0.1) is 6.92 Å². The zero-order chi connectivity index (χ0) is 13.7. The fraction of sp³-hybridized carbons (Fsp3) is 0.231. The number of nitrogens with zero attached hydrogens (tertiary/aromatic N) is 1. The summed E-state index contributed by atoms with van der Waals surface area (Å²) in [5, 5.41) is 12.4. The third-order valence-corrected chi connectivity index (χ3v) is 3.30. The molecule has 0 unspecified atom stereocenters. The minimum atomic E-state index is -0.957. The molecule has 19 heavy (non-hydrogen) atoms. The molecule has 0 radical (unpaired) electrons. The fourth-order valence-electron chi connectivity index (χ4n) is 1.49. The Hall–Kier alpha value is -2.08. The molecular weight excluding hydrogens is 264 g/mol. The van der Waals surface area contributed by atoms with Gasteiger partial charge in [-0.3, -0.25) is 0 Å². The molecule has 5 nitrogen and oxygen atoms in total. The number of thiazole rings is 1. The summed E-state index contributed by atoms with van der Waals surface area (Å²) in [5.41, 5.74) is 1.15. The van der Waals surface area contributed by atoms with Gasteiger partial charge in [-0.05, 0) is 24.6 Å². The van der Waals surface area contributed by atoms with Crippen molar-refractivity contribution in [3.8, 4) is 5.75 Å². The Balaban J connectivity index is 1.76. The topological polar surface area (TPSA) is 71.5 Å². The Morgan fingerprint density at radius 2 is 2.37 bits per heavy atom. The smallest absolute Gasteiger partial charge is 0.347 e. The highest BCUT2D eigenvalue weighted by molar-refractivity contribution is 7.17. The van der Waals surface area contributed by atoms with Crippen LogP contribution in [0.4, 0.5) is 5.13 Å². The first-order chi connectivity index (χ1) is 9.15. The molecule has 100 valence electrons. The van der Waals surface area contributed by atoms with Crippen molar-refractivity contribution in [1.82, 2.24) is 4.98 Å². The van der Waals surface area contributed by atoms with Gasteiger partial charge in [0.1, 0.15) is 17.2 Å². The molecule has 0 atom stereocenters. The zero-order valence-corrected chi connectivity index (χ0v) is 11.2. The number of nitrogens with one attached hydrogen (secondary N) is 1. The molecule has 1 aromatic carbocycles. The van der Waals surface area contributed by atoms with E-state index < -0.39 is 5.97 Å². The third kappa shape index (κ3) is 3.96. The molecule has 0 bridgehead atoms. The van der Waals surface area contributed by atoms with Crippen molar-refractivity contribution in [2.75, 3.05) is 18.5 Å². The molecule has 2 N–H and O–H groups in total. The SMILES string of the molecule is Cc1cccc(OCCNc2ncc(C(=O)O)s2)c1. The molecule has 0 saturated heterocycles. The van der Waals surface area contributed by atoms with Gasteiger partial charge in [-0.15, -0.1) is 0 Å². The van der Waals surface area contributed by atoms with Gasteiger partial charge in [-0.1, -0.05) is 23.5 Å². The molecule has 0 saturated carbocycles. The molecule has 0 aliphatic carbocycles. The minimum Gasteiger partial charge on any atom is -0.492 e. The van der Waals surface area contributed by atoms with Crippen LogP contribution in [-0.2, 0) is 0 Å². The van der Waals surface area contributed by atoms with Crippen molar-refractivity contribution in [1.29, 1.82) is 0 Å². The van der Waals surface area contributed by atoms with Gasteiger partial charge in [-0.2, -0.15) is 0 Å². The second-order valence-electron chi connectivity index (χ2n) is 3.93. The number of carboxylic acids is 1. The lowest BCUT2D eigenvalue weighted by Gasteiger charge is -2.07. The van der Waals surface area contributed by atoms with Crippen LogP contribution < -0.4 is 10.1 Å². The van der Waals surface area contributed by atoms with Crippen LogP contribution in [0.3, 0.4) is 0 Å². The molecular formula is C13H14N2O3S. The summed E-state index contributed by atoms with van der Waals surface area (Å²) in [6.07, 6.45) is 1.34. The number of rotatable bonds is 6. The number of aromatic carboxylic acids is 1. The second kappa shape index (κ2) is 6.19. The van der Waals surface area contributed by atoms with Gasteiger partial charge in [0, 0.05) is 0 Å². The first-order valence-electron chi connectivity index (χ1n) is 5.77. The first kappa shape index (κ1) is 13.4. The summed E-state index contributed by atoms with van der Waals surface area (Å²) in [6.45, 7) is 3.07. The quantitative estimate of drug-likeness (QED) is 0.795. The number of aromatic nitrogens is 1. The van der Waals surface area contributed by atoms with Crippen LogP contribution in [0.1, 0.15) is 15.2 Å². The number of hydrogen-bond acceptors (Lipinski definition) is 5. The van der Waals surface area contributed by atoms with Crippen LogP contribution in [0.2, 0.25) is 0 Å². The fourth-order valence-corrected chi connectivity index (χ4v) is 2.17. The number of hydrogen-bond donors (Lipinski definition) is 2. The van der Waals surface area contributed by atoms with Gasteiger partial charge in [0.05, 0.1) is 12.7 Å². The van der Waals surface area contributed by atoms with Crippen molar-refractivity contribution in [2.24, 2.45) is 0 Å². The molecule has 0 aliphatic heterocycles. The third-order valence-electron chi connectivity index (χ3n) is 2.35. The summed E-state index contributed by atoms with van der Waals surface area (Å²) in [5.74, 6) is -0.131. The summed E-state index contributed by atoms with van der Waals surface area (Å²) in [4.78, 5) is 14.9. The maximum atomic E-state index is 10.7. The normalized spacial score (nSPS) is 10.2. The van der Waals surface area contributed by atoms with E-state index in [1.807, 2.05) is 31.2 Å². The molecule has 0 amide bonds. The van der Waals surface area contributed by atoms with E-state index in [2.05, 4.69) is 10.3 Å². The average Bonchev–Trinajstić information content (AvgIpc) is 2.84. The first-order valence-corrected chi connectivity index (χ1v) is 6.59. The monoisotopic (exact) mass is 278 g/mol. The van der Waals surface area contributed by atoms with Crippen molar-refractivity contribution in [3.05, 3.63) is 40.9 Å². The Kier molecular flexibility index (Phi) is 4.35. The largest absolute Gasteiger partial charge is 0.492 e. The molecule has 0 aliphatic rings. The summed E-state index contributed by atoms with van der Waals surface area (Å²) in [6, 6.07) is 7.82. The molecule has 0 fully saturated rings.